The molecule has 3 nitrogen and oxygen atoms in total. The summed E-state index contributed by atoms with van der Waals surface area (Å²) in [5.74, 6) is 0.399. The van der Waals surface area contributed by atoms with Crippen molar-refractivity contribution >= 4 is 27.4 Å². The van der Waals surface area contributed by atoms with Gasteiger partial charge in [-0.3, -0.25) is 4.90 Å². The number of aliphatic hydroxyl groups is 1. The van der Waals surface area contributed by atoms with Crippen molar-refractivity contribution in [1.82, 2.24) is 4.90 Å². The summed E-state index contributed by atoms with van der Waals surface area (Å²) < 4.78 is 1.01. The molecule has 2 heterocycles. The number of aliphatic hydroxyl groups excluding tert-OH is 1. The van der Waals surface area contributed by atoms with Gasteiger partial charge in [-0.1, -0.05) is 22.9 Å². The monoisotopic (exact) mass is 336 g/mol. The summed E-state index contributed by atoms with van der Waals surface area (Å²) in [5, 5.41) is 10.1. The molecule has 1 saturated heterocycles. The third-order valence-electron chi connectivity index (χ3n) is 4.42. The molecule has 0 aliphatic carbocycles. The topological polar surface area (TPSA) is 26.7 Å². The molecular formula is C16H21BrN2O. The number of hydrogen-bond acceptors (Lipinski definition) is 3. The zero-order valence-electron chi connectivity index (χ0n) is 11.8. The maximum Gasteiger partial charge on any atom is 0.122 e. The van der Waals surface area contributed by atoms with Crippen LogP contribution in [-0.4, -0.2) is 42.2 Å². The van der Waals surface area contributed by atoms with Gasteiger partial charge in [-0.05, 0) is 50.2 Å². The molecule has 4 heteroatoms. The molecule has 1 aromatic rings. The van der Waals surface area contributed by atoms with Gasteiger partial charge in [0, 0.05) is 34.9 Å². The molecule has 0 bridgehead atoms. The summed E-state index contributed by atoms with van der Waals surface area (Å²) in [7, 11) is 0. The van der Waals surface area contributed by atoms with Gasteiger partial charge in [0.25, 0.3) is 0 Å². The molecule has 0 spiro atoms. The molecule has 0 radical (unpaired) electrons. The summed E-state index contributed by atoms with van der Waals surface area (Å²) >= 11 is 3.48. The SMILES string of the molecule is CCN1CCCC1CN1CC=C(O)c2cc(Br)ccc21. The van der Waals surface area contributed by atoms with Crippen molar-refractivity contribution in [2.24, 2.45) is 0 Å². The molecule has 0 saturated carbocycles. The highest BCUT2D eigenvalue weighted by Crippen LogP contribution is 2.33. The van der Waals surface area contributed by atoms with E-state index >= 15 is 0 Å². The van der Waals surface area contributed by atoms with E-state index in [0.717, 1.165) is 35.4 Å². The molecule has 108 valence electrons. The first-order valence-electron chi connectivity index (χ1n) is 7.37. The van der Waals surface area contributed by atoms with Gasteiger partial charge in [0.05, 0.1) is 0 Å². The lowest BCUT2D eigenvalue weighted by Crippen LogP contribution is -2.41. The zero-order chi connectivity index (χ0) is 14.1. The molecule has 2 aliphatic rings. The molecule has 1 unspecified atom stereocenters. The van der Waals surface area contributed by atoms with Gasteiger partial charge in [0.2, 0.25) is 0 Å². The number of fused-ring (bicyclic) bond motifs is 1. The minimum absolute atomic E-state index is 0.399. The highest BCUT2D eigenvalue weighted by atomic mass is 79.9. The average molecular weight is 337 g/mol. The first-order chi connectivity index (χ1) is 9.69. The number of nitrogens with zero attached hydrogens (tertiary/aromatic N) is 2. The molecule has 20 heavy (non-hydrogen) atoms. The Balaban J connectivity index is 1.83. The van der Waals surface area contributed by atoms with Gasteiger partial charge in [-0.2, -0.15) is 0 Å². The molecule has 1 N–H and O–H groups in total. The Morgan fingerprint density at radius 3 is 3.05 bits per heavy atom. The van der Waals surface area contributed by atoms with Crippen LogP contribution in [-0.2, 0) is 0 Å². The van der Waals surface area contributed by atoms with Gasteiger partial charge in [-0.15, -0.1) is 0 Å². The van der Waals surface area contributed by atoms with E-state index in [4.69, 9.17) is 0 Å². The van der Waals surface area contributed by atoms with Crippen LogP contribution in [0.15, 0.2) is 28.7 Å². The van der Waals surface area contributed by atoms with Crippen molar-refractivity contribution in [3.63, 3.8) is 0 Å². The summed E-state index contributed by atoms with van der Waals surface area (Å²) in [6, 6.07) is 6.80. The van der Waals surface area contributed by atoms with Crippen LogP contribution in [0.4, 0.5) is 5.69 Å². The van der Waals surface area contributed by atoms with Crippen molar-refractivity contribution < 1.29 is 5.11 Å². The Morgan fingerprint density at radius 2 is 2.25 bits per heavy atom. The number of rotatable bonds is 3. The molecule has 0 amide bonds. The van der Waals surface area contributed by atoms with Crippen LogP contribution in [0.3, 0.4) is 0 Å². The van der Waals surface area contributed by atoms with E-state index in [2.05, 4.69) is 44.8 Å². The lowest BCUT2D eigenvalue weighted by atomic mass is 10.0. The number of halogens is 1. The quantitative estimate of drug-likeness (QED) is 0.912. The number of hydrogen-bond donors (Lipinski definition) is 1. The Hall–Kier alpha value is -1.000. The first kappa shape index (κ1) is 14.0. The fourth-order valence-electron chi connectivity index (χ4n) is 3.34. The van der Waals surface area contributed by atoms with Gasteiger partial charge < -0.3 is 10.0 Å². The Bertz CT molecular complexity index is 529. The van der Waals surface area contributed by atoms with Crippen LogP contribution in [0.25, 0.3) is 5.76 Å². The van der Waals surface area contributed by atoms with Crippen LogP contribution in [0.5, 0.6) is 0 Å². The van der Waals surface area contributed by atoms with E-state index in [1.54, 1.807) is 0 Å². The summed E-state index contributed by atoms with van der Waals surface area (Å²) in [6.07, 6.45) is 4.51. The Morgan fingerprint density at radius 1 is 1.40 bits per heavy atom. The fourth-order valence-corrected chi connectivity index (χ4v) is 3.70. The van der Waals surface area contributed by atoms with E-state index in [0.29, 0.717) is 11.8 Å². The highest BCUT2D eigenvalue weighted by Gasteiger charge is 2.27. The standard InChI is InChI=1S/C16H21BrN2O/c1-2-18-8-3-4-13(18)11-19-9-7-16(20)14-10-12(17)5-6-15(14)19/h5-7,10,13,20H,2-4,8-9,11H2,1H3. The summed E-state index contributed by atoms with van der Waals surface area (Å²) in [6.45, 7) is 6.45. The van der Waals surface area contributed by atoms with Crippen molar-refractivity contribution in [3.8, 4) is 0 Å². The van der Waals surface area contributed by atoms with Crippen molar-refractivity contribution in [2.45, 2.75) is 25.8 Å². The van der Waals surface area contributed by atoms with Crippen LogP contribution < -0.4 is 4.90 Å². The van der Waals surface area contributed by atoms with E-state index in [1.807, 2.05) is 12.1 Å². The normalized spacial score (nSPS) is 22.8. The Kier molecular flexibility index (Phi) is 4.03. The van der Waals surface area contributed by atoms with Crippen LogP contribution in [0, 0.1) is 0 Å². The highest BCUT2D eigenvalue weighted by molar-refractivity contribution is 9.10. The molecular weight excluding hydrogens is 316 g/mol. The maximum atomic E-state index is 10.1. The van der Waals surface area contributed by atoms with Crippen LogP contribution in [0.2, 0.25) is 0 Å². The lowest BCUT2D eigenvalue weighted by Gasteiger charge is -2.34. The van der Waals surface area contributed by atoms with Gasteiger partial charge in [0.1, 0.15) is 5.76 Å². The maximum absolute atomic E-state index is 10.1. The molecule has 1 atom stereocenters. The fraction of sp³-hybridized carbons (Fsp3) is 0.500. The predicted molar refractivity (Wildman–Crippen MR) is 87.2 cm³/mol. The molecule has 1 aromatic carbocycles. The second-order valence-corrected chi connectivity index (χ2v) is 6.50. The number of likely N-dealkylation sites (tertiary alicyclic amines) is 1. The first-order valence-corrected chi connectivity index (χ1v) is 8.16. The van der Waals surface area contributed by atoms with Gasteiger partial charge in [-0.25, -0.2) is 0 Å². The predicted octanol–water partition coefficient (Wildman–Crippen LogP) is 3.65. The molecule has 1 fully saturated rings. The molecule has 2 aliphatic heterocycles. The van der Waals surface area contributed by atoms with Crippen LogP contribution >= 0.6 is 15.9 Å². The largest absolute Gasteiger partial charge is 0.508 e. The van der Waals surface area contributed by atoms with Crippen molar-refractivity contribution in [2.75, 3.05) is 31.1 Å². The minimum atomic E-state index is 0.399. The number of benzene rings is 1. The third kappa shape index (κ3) is 2.59. The van der Waals surface area contributed by atoms with Crippen LogP contribution in [0.1, 0.15) is 25.3 Å². The van der Waals surface area contributed by atoms with Gasteiger partial charge >= 0.3 is 0 Å². The van der Waals surface area contributed by atoms with Gasteiger partial charge in [0.15, 0.2) is 0 Å². The smallest absolute Gasteiger partial charge is 0.122 e. The minimum Gasteiger partial charge on any atom is -0.508 e. The summed E-state index contributed by atoms with van der Waals surface area (Å²) in [5.41, 5.74) is 2.09. The number of anilines is 1. The van der Waals surface area contributed by atoms with E-state index < -0.39 is 0 Å². The number of likely N-dealkylation sites (N-methyl/N-ethyl adjacent to an activating group) is 1. The molecule has 3 rings (SSSR count). The second kappa shape index (κ2) is 5.78. The Labute approximate surface area is 129 Å². The average Bonchev–Trinajstić information content (AvgIpc) is 2.89. The third-order valence-corrected chi connectivity index (χ3v) is 4.91. The van der Waals surface area contributed by atoms with E-state index in [9.17, 15) is 5.11 Å². The van der Waals surface area contributed by atoms with Crippen molar-refractivity contribution in [3.05, 3.63) is 34.3 Å². The molecule has 0 aromatic heterocycles. The van der Waals surface area contributed by atoms with E-state index in [-0.39, 0.29) is 0 Å². The second-order valence-electron chi connectivity index (χ2n) is 5.58. The zero-order valence-corrected chi connectivity index (χ0v) is 13.4. The van der Waals surface area contributed by atoms with E-state index in [1.165, 1.54) is 19.4 Å². The lowest BCUT2D eigenvalue weighted by molar-refractivity contribution is 0.269. The van der Waals surface area contributed by atoms with Crippen molar-refractivity contribution in [1.29, 1.82) is 0 Å². The summed E-state index contributed by atoms with van der Waals surface area (Å²) in [4.78, 5) is 4.96.